The van der Waals surface area contributed by atoms with E-state index < -0.39 is 0 Å². The first-order valence-electron chi connectivity index (χ1n) is 5.19. The summed E-state index contributed by atoms with van der Waals surface area (Å²) < 4.78 is 6.79. The molecule has 4 nitrogen and oxygen atoms in total. The second-order valence-corrected chi connectivity index (χ2v) is 4.18. The number of hydrogen-bond donors (Lipinski definition) is 1. The molecule has 2 N–H and O–H groups in total. The van der Waals surface area contributed by atoms with Crippen molar-refractivity contribution in [2.75, 3.05) is 12.8 Å². The summed E-state index contributed by atoms with van der Waals surface area (Å²) in [6.07, 6.45) is 1.72. The fourth-order valence-electron chi connectivity index (χ4n) is 1.79. The van der Waals surface area contributed by atoms with Crippen molar-refractivity contribution in [1.29, 1.82) is 0 Å². The average Bonchev–Trinajstić information content (AvgIpc) is 2.61. The average molecular weight is 252 g/mol. The fraction of sp³-hybridized carbons (Fsp3) is 0.250. The van der Waals surface area contributed by atoms with Crippen LogP contribution in [0.4, 0.5) is 5.82 Å². The number of aromatic nitrogens is 2. The number of aryl methyl sites for hydroxylation is 1. The van der Waals surface area contributed by atoms with Gasteiger partial charge in [-0.3, -0.25) is 4.68 Å². The first kappa shape index (κ1) is 12.0. The minimum absolute atomic E-state index is 0.490. The summed E-state index contributed by atoms with van der Waals surface area (Å²) >= 11 is 6.23. The van der Waals surface area contributed by atoms with Crippen LogP contribution in [0.5, 0.6) is 0 Å². The highest BCUT2D eigenvalue weighted by molar-refractivity contribution is 6.33. The molecule has 0 aliphatic heterocycles. The lowest BCUT2D eigenvalue weighted by atomic mass is 10.0. The van der Waals surface area contributed by atoms with Crippen molar-refractivity contribution >= 4 is 17.4 Å². The van der Waals surface area contributed by atoms with Crippen molar-refractivity contribution < 1.29 is 4.74 Å². The lowest BCUT2D eigenvalue weighted by Gasteiger charge is -2.10. The van der Waals surface area contributed by atoms with Crippen LogP contribution >= 0.6 is 11.6 Å². The molecule has 0 aliphatic carbocycles. The quantitative estimate of drug-likeness (QED) is 0.912. The molecule has 0 unspecified atom stereocenters. The number of hydrogen-bond acceptors (Lipinski definition) is 3. The van der Waals surface area contributed by atoms with Crippen molar-refractivity contribution in [2.24, 2.45) is 7.05 Å². The molecular formula is C12H14ClN3O. The van der Waals surface area contributed by atoms with Gasteiger partial charge in [0.15, 0.2) is 0 Å². The zero-order valence-electron chi connectivity index (χ0n) is 9.77. The summed E-state index contributed by atoms with van der Waals surface area (Å²) in [7, 11) is 3.45. The third-order valence-electron chi connectivity index (χ3n) is 2.65. The van der Waals surface area contributed by atoms with Gasteiger partial charge in [-0.1, -0.05) is 23.7 Å². The molecule has 0 saturated heterocycles. The van der Waals surface area contributed by atoms with Gasteiger partial charge in [0.2, 0.25) is 0 Å². The van der Waals surface area contributed by atoms with Gasteiger partial charge in [0, 0.05) is 30.3 Å². The molecule has 90 valence electrons. The van der Waals surface area contributed by atoms with Gasteiger partial charge in [0.25, 0.3) is 0 Å². The number of anilines is 1. The first-order valence-corrected chi connectivity index (χ1v) is 5.57. The van der Waals surface area contributed by atoms with Crippen molar-refractivity contribution in [3.8, 4) is 11.1 Å². The maximum absolute atomic E-state index is 6.23. The number of benzene rings is 1. The molecule has 0 fully saturated rings. The predicted molar refractivity (Wildman–Crippen MR) is 68.8 cm³/mol. The van der Waals surface area contributed by atoms with Crippen molar-refractivity contribution in [3.63, 3.8) is 0 Å². The number of methoxy groups -OCH3 is 1. The Morgan fingerprint density at radius 3 is 2.82 bits per heavy atom. The second-order valence-electron chi connectivity index (χ2n) is 3.77. The van der Waals surface area contributed by atoms with Crippen LogP contribution in [0, 0.1) is 0 Å². The van der Waals surface area contributed by atoms with Crippen molar-refractivity contribution in [2.45, 2.75) is 6.61 Å². The van der Waals surface area contributed by atoms with Crippen LogP contribution in [-0.2, 0) is 18.4 Å². The molecule has 17 heavy (non-hydrogen) atoms. The van der Waals surface area contributed by atoms with E-state index in [1.165, 1.54) is 0 Å². The normalized spacial score (nSPS) is 10.8. The Labute approximate surface area is 105 Å². The Balaban J connectivity index is 2.61. The molecule has 2 aromatic rings. The van der Waals surface area contributed by atoms with Gasteiger partial charge in [-0.15, -0.1) is 0 Å². The van der Waals surface area contributed by atoms with Gasteiger partial charge in [0.1, 0.15) is 5.82 Å². The molecule has 1 heterocycles. The molecule has 0 spiro atoms. The maximum Gasteiger partial charge on any atom is 0.129 e. The first-order chi connectivity index (χ1) is 8.15. The lowest BCUT2D eigenvalue weighted by Crippen LogP contribution is -1.99. The van der Waals surface area contributed by atoms with Crippen LogP contribution in [0.2, 0.25) is 5.02 Å². The Bertz CT molecular complexity index is 537. The summed E-state index contributed by atoms with van der Waals surface area (Å²) in [5.74, 6) is 0.593. The largest absolute Gasteiger partial charge is 0.383 e. The third-order valence-corrected chi connectivity index (χ3v) is 2.97. The van der Waals surface area contributed by atoms with Gasteiger partial charge >= 0.3 is 0 Å². The molecule has 0 atom stereocenters. The van der Waals surface area contributed by atoms with Gasteiger partial charge < -0.3 is 10.5 Å². The highest BCUT2D eigenvalue weighted by Crippen LogP contribution is 2.34. The van der Waals surface area contributed by atoms with Crippen molar-refractivity contribution in [1.82, 2.24) is 9.78 Å². The summed E-state index contributed by atoms with van der Waals surface area (Å²) in [5, 5.41) is 4.78. The molecule has 0 radical (unpaired) electrons. The minimum atomic E-state index is 0.490. The topological polar surface area (TPSA) is 53.1 Å². The second kappa shape index (κ2) is 4.77. The Kier molecular flexibility index (Phi) is 3.36. The third kappa shape index (κ3) is 2.14. The highest BCUT2D eigenvalue weighted by Gasteiger charge is 2.14. The number of nitrogens with zero attached hydrogens (tertiary/aromatic N) is 2. The van der Waals surface area contributed by atoms with E-state index in [0.29, 0.717) is 17.4 Å². The highest BCUT2D eigenvalue weighted by atomic mass is 35.5. The van der Waals surface area contributed by atoms with E-state index in [1.807, 2.05) is 18.2 Å². The van der Waals surface area contributed by atoms with Crippen LogP contribution in [0.1, 0.15) is 5.56 Å². The van der Waals surface area contributed by atoms with E-state index in [0.717, 1.165) is 16.7 Å². The van der Waals surface area contributed by atoms with E-state index in [2.05, 4.69) is 5.10 Å². The molecule has 5 heteroatoms. The van der Waals surface area contributed by atoms with Crippen LogP contribution in [0.15, 0.2) is 24.4 Å². The maximum atomic E-state index is 6.23. The molecule has 0 aliphatic rings. The lowest BCUT2D eigenvalue weighted by molar-refractivity contribution is 0.185. The summed E-state index contributed by atoms with van der Waals surface area (Å²) in [4.78, 5) is 0. The van der Waals surface area contributed by atoms with Gasteiger partial charge in [0.05, 0.1) is 12.8 Å². The number of nitrogen functional groups attached to an aromatic ring is 1. The van der Waals surface area contributed by atoms with Gasteiger partial charge in [-0.25, -0.2) is 0 Å². The Morgan fingerprint density at radius 2 is 2.24 bits per heavy atom. The minimum Gasteiger partial charge on any atom is -0.383 e. The van der Waals surface area contributed by atoms with E-state index in [-0.39, 0.29) is 0 Å². The number of ether oxygens (including phenoxy) is 1. The van der Waals surface area contributed by atoms with Crippen LogP contribution in [0.25, 0.3) is 11.1 Å². The monoisotopic (exact) mass is 251 g/mol. The Morgan fingerprint density at radius 1 is 1.47 bits per heavy atom. The van der Waals surface area contributed by atoms with Crippen LogP contribution < -0.4 is 5.73 Å². The predicted octanol–water partition coefficient (Wildman–Crippen LogP) is 2.47. The molecule has 0 saturated carbocycles. The molecule has 0 amide bonds. The molecule has 0 bridgehead atoms. The van der Waals surface area contributed by atoms with Gasteiger partial charge in [-0.05, 0) is 11.6 Å². The summed E-state index contributed by atoms with van der Waals surface area (Å²) in [6, 6.07) is 5.70. The summed E-state index contributed by atoms with van der Waals surface area (Å²) in [6.45, 7) is 0.490. The van der Waals surface area contributed by atoms with Gasteiger partial charge in [-0.2, -0.15) is 5.10 Å². The molecular weight excluding hydrogens is 238 g/mol. The zero-order chi connectivity index (χ0) is 12.4. The van der Waals surface area contributed by atoms with E-state index in [4.69, 9.17) is 22.1 Å². The number of nitrogens with two attached hydrogens (primary N) is 1. The fourth-order valence-corrected chi connectivity index (χ4v) is 2.08. The van der Waals surface area contributed by atoms with E-state index in [1.54, 1.807) is 25.0 Å². The van der Waals surface area contributed by atoms with E-state index in [9.17, 15) is 0 Å². The smallest absolute Gasteiger partial charge is 0.129 e. The number of rotatable bonds is 3. The zero-order valence-corrected chi connectivity index (χ0v) is 10.5. The van der Waals surface area contributed by atoms with Crippen molar-refractivity contribution in [3.05, 3.63) is 35.0 Å². The molecule has 2 rings (SSSR count). The molecule has 1 aromatic heterocycles. The summed E-state index contributed by atoms with van der Waals surface area (Å²) in [5.41, 5.74) is 8.70. The van der Waals surface area contributed by atoms with Crippen LogP contribution in [-0.4, -0.2) is 16.9 Å². The van der Waals surface area contributed by atoms with Crippen LogP contribution in [0.3, 0.4) is 0 Å². The molecule has 1 aromatic carbocycles. The SMILES string of the molecule is COCc1cccc(Cl)c1-c1cnn(C)c1N. The number of halogens is 1. The standard InChI is InChI=1S/C12H14ClN3O/c1-16-12(14)9(6-15-16)11-8(7-17-2)4-3-5-10(11)13/h3-6H,7,14H2,1-2H3. The Hall–Kier alpha value is -1.52. The van der Waals surface area contributed by atoms with E-state index >= 15 is 0 Å².